The van der Waals surface area contributed by atoms with Crippen LogP contribution in [0.4, 0.5) is 0 Å². The zero-order chi connectivity index (χ0) is 16.8. The monoisotopic (exact) mass is 335 g/mol. The summed E-state index contributed by atoms with van der Waals surface area (Å²) in [6, 6.07) is -0.0484. The largest absolute Gasteiger partial charge is 0.337 e. The lowest BCUT2D eigenvalue weighted by Crippen LogP contribution is -2.60. The van der Waals surface area contributed by atoms with Gasteiger partial charge in [0.2, 0.25) is 11.8 Å². The van der Waals surface area contributed by atoms with Gasteiger partial charge in [0.15, 0.2) is 11.0 Å². The molecule has 2 heterocycles. The van der Waals surface area contributed by atoms with Crippen molar-refractivity contribution in [1.29, 1.82) is 0 Å². The van der Waals surface area contributed by atoms with Gasteiger partial charge in [-0.3, -0.25) is 19.5 Å². The fourth-order valence-electron chi connectivity index (χ4n) is 2.28. The van der Waals surface area contributed by atoms with E-state index < -0.39 is 11.8 Å². The maximum Gasteiger partial charge on any atom is 0.247 e. The number of aromatic nitrogens is 2. The normalized spacial score (nSPS) is 20.2. The molecular weight excluding hydrogens is 314 g/mol. The Morgan fingerprint density at radius 1 is 1.52 bits per heavy atom. The summed E-state index contributed by atoms with van der Waals surface area (Å²) < 4.78 is 1.96. The zero-order valence-electron chi connectivity index (χ0n) is 13.3. The number of hydrogen-bond donors (Lipinski definition) is 1. The Bertz CT molecular complexity index is 599. The molecule has 0 bridgehead atoms. The number of nitrogens with one attached hydrogen (secondary N) is 1. The Hall–Kier alpha value is -2.09. The van der Waals surface area contributed by atoms with E-state index in [0.717, 1.165) is 19.4 Å². The molecule has 2 rings (SSSR count). The van der Waals surface area contributed by atoms with Crippen LogP contribution in [0.1, 0.15) is 26.7 Å². The van der Waals surface area contributed by atoms with Crippen LogP contribution in [0.25, 0.3) is 0 Å². The molecule has 1 N–H and O–H groups in total. The molecule has 23 heavy (non-hydrogen) atoms. The molecule has 2 amide bonds. The molecule has 2 atom stereocenters. The fourth-order valence-corrected chi connectivity index (χ4v) is 2.65. The highest BCUT2D eigenvalue weighted by molar-refractivity contribution is 7.80. The number of hydrogen-bond acceptors (Lipinski definition) is 5. The molecule has 0 unspecified atom stereocenters. The molecule has 1 aromatic heterocycles. The summed E-state index contributed by atoms with van der Waals surface area (Å²) in [7, 11) is 0. The summed E-state index contributed by atoms with van der Waals surface area (Å²) in [6.45, 7) is 5.21. The first kappa shape index (κ1) is 17.3. The zero-order valence-corrected chi connectivity index (χ0v) is 14.1. The number of amides is 2. The first-order valence-electron chi connectivity index (χ1n) is 7.68. The third-order valence-corrected chi connectivity index (χ3v) is 4.08. The lowest BCUT2D eigenvalue weighted by Gasteiger charge is -2.34. The molecule has 1 aromatic rings. The van der Waals surface area contributed by atoms with Gasteiger partial charge < -0.3 is 9.88 Å². The van der Waals surface area contributed by atoms with Gasteiger partial charge in [-0.25, -0.2) is 4.98 Å². The Morgan fingerprint density at radius 2 is 2.30 bits per heavy atom. The number of thiocarbonyl (C=S) groups is 1. The van der Waals surface area contributed by atoms with Gasteiger partial charge in [-0.2, -0.15) is 0 Å². The maximum absolute atomic E-state index is 12.5. The van der Waals surface area contributed by atoms with Gasteiger partial charge in [0, 0.05) is 37.7 Å². The van der Waals surface area contributed by atoms with Crippen molar-refractivity contribution in [2.24, 2.45) is 10.9 Å². The predicted octanol–water partition coefficient (Wildman–Crippen LogP) is 1.00. The molecule has 1 aliphatic rings. The van der Waals surface area contributed by atoms with Crippen LogP contribution in [-0.2, 0) is 16.1 Å². The summed E-state index contributed by atoms with van der Waals surface area (Å²) >= 11 is 5.10. The Kier molecular flexibility index (Phi) is 5.97. The van der Waals surface area contributed by atoms with Gasteiger partial charge in [0.25, 0.3) is 0 Å². The number of carbonyl (C=O) groups is 2. The molecular formula is C15H21N5O2S. The summed E-state index contributed by atoms with van der Waals surface area (Å²) in [5.74, 6) is -1.60. The number of nitrogens with zero attached hydrogens (tertiary/aromatic N) is 4. The maximum atomic E-state index is 12.5. The Morgan fingerprint density at radius 3 is 2.96 bits per heavy atom. The number of rotatable bonds is 7. The summed E-state index contributed by atoms with van der Waals surface area (Å²) in [5.41, 5.74) is 0. The van der Waals surface area contributed by atoms with Crippen molar-refractivity contribution in [3.8, 4) is 0 Å². The molecule has 1 aliphatic heterocycles. The van der Waals surface area contributed by atoms with E-state index in [1.807, 2.05) is 24.6 Å². The van der Waals surface area contributed by atoms with E-state index in [2.05, 4.69) is 15.3 Å². The number of imidazole rings is 1. The van der Waals surface area contributed by atoms with Crippen LogP contribution in [0.15, 0.2) is 23.7 Å². The molecule has 0 spiro atoms. The van der Waals surface area contributed by atoms with Gasteiger partial charge in [0.1, 0.15) is 0 Å². The summed E-state index contributed by atoms with van der Waals surface area (Å²) in [5, 5.41) is 2.76. The van der Waals surface area contributed by atoms with E-state index >= 15 is 0 Å². The lowest BCUT2D eigenvalue weighted by atomic mass is 10.0. The third-order valence-electron chi connectivity index (χ3n) is 3.78. The van der Waals surface area contributed by atoms with Crippen molar-refractivity contribution in [1.82, 2.24) is 19.8 Å². The molecule has 1 saturated heterocycles. The van der Waals surface area contributed by atoms with Gasteiger partial charge in [0.05, 0.1) is 6.33 Å². The molecule has 1 fully saturated rings. The van der Waals surface area contributed by atoms with Gasteiger partial charge in [-0.1, -0.05) is 6.92 Å². The van der Waals surface area contributed by atoms with Crippen molar-refractivity contribution in [3.05, 3.63) is 18.7 Å². The van der Waals surface area contributed by atoms with Crippen molar-refractivity contribution < 1.29 is 9.59 Å². The number of aliphatic imine (C=N–C) groups is 1. The van der Waals surface area contributed by atoms with Crippen LogP contribution in [-0.4, -0.2) is 50.2 Å². The van der Waals surface area contributed by atoms with E-state index in [-0.39, 0.29) is 17.1 Å². The van der Waals surface area contributed by atoms with Crippen molar-refractivity contribution >= 4 is 35.4 Å². The van der Waals surface area contributed by atoms with E-state index in [0.29, 0.717) is 6.54 Å². The SMILES string of the molecule is CC[C@H](C)N1C(=O)[C@H](C=NCCCn2ccnc2)C(=O)NC1=S. The molecule has 124 valence electrons. The second-order valence-corrected chi connectivity index (χ2v) is 5.83. The minimum atomic E-state index is -0.899. The van der Waals surface area contributed by atoms with Crippen LogP contribution >= 0.6 is 12.2 Å². The summed E-state index contributed by atoms with van der Waals surface area (Å²) in [4.78, 5) is 34.1. The van der Waals surface area contributed by atoms with Gasteiger partial charge in [-0.15, -0.1) is 0 Å². The molecule has 7 nitrogen and oxygen atoms in total. The number of carbonyl (C=O) groups excluding carboxylic acids is 2. The van der Waals surface area contributed by atoms with Crippen LogP contribution in [0.2, 0.25) is 0 Å². The highest BCUT2D eigenvalue weighted by Crippen LogP contribution is 2.14. The lowest BCUT2D eigenvalue weighted by molar-refractivity contribution is -0.139. The standard InChI is InChI=1S/C15H21N5O2S/c1-3-11(2)20-14(22)12(13(21)18-15(20)23)9-16-5-4-7-19-8-6-17-10-19/h6,8-12H,3-5,7H2,1-2H3,(H,18,21,23)/t11-,12+/m0/s1. The first-order chi connectivity index (χ1) is 11.0. The van der Waals surface area contributed by atoms with Crippen molar-refractivity contribution in [2.45, 2.75) is 39.3 Å². The quantitative estimate of drug-likeness (QED) is 0.349. The fraction of sp³-hybridized carbons (Fsp3) is 0.533. The Labute approximate surface area is 140 Å². The smallest absolute Gasteiger partial charge is 0.247 e. The van der Waals surface area contributed by atoms with Crippen LogP contribution < -0.4 is 5.32 Å². The minimum Gasteiger partial charge on any atom is -0.337 e. The molecule has 0 saturated carbocycles. The van der Waals surface area contributed by atoms with E-state index in [1.165, 1.54) is 11.1 Å². The van der Waals surface area contributed by atoms with Crippen LogP contribution in [0, 0.1) is 5.92 Å². The van der Waals surface area contributed by atoms with Crippen LogP contribution in [0.5, 0.6) is 0 Å². The highest BCUT2D eigenvalue weighted by Gasteiger charge is 2.39. The van der Waals surface area contributed by atoms with E-state index in [9.17, 15) is 9.59 Å². The van der Waals surface area contributed by atoms with Gasteiger partial charge in [-0.05, 0) is 32.0 Å². The molecule has 0 aliphatic carbocycles. The molecule has 0 radical (unpaired) electrons. The van der Waals surface area contributed by atoms with Crippen LogP contribution in [0.3, 0.4) is 0 Å². The van der Waals surface area contributed by atoms with Gasteiger partial charge >= 0.3 is 0 Å². The third kappa shape index (κ3) is 4.22. The molecule has 8 heteroatoms. The number of aryl methyl sites for hydroxylation is 1. The van der Waals surface area contributed by atoms with E-state index in [4.69, 9.17) is 12.2 Å². The van der Waals surface area contributed by atoms with E-state index in [1.54, 1.807) is 12.5 Å². The summed E-state index contributed by atoms with van der Waals surface area (Å²) in [6.07, 6.45) is 8.35. The topological polar surface area (TPSA) is 79.6 Å². The van der Waals surface area contributed by atoms with Crippen molar-refractivity contribution in [2.75, 3.05) is 6.54 Å². The molecule has 0 aromatic carbocycles. The Balaban J connectivity index is 1.91. The first-order valence-corrected chi connectivity index (χ1v) is 8.09. The average Bonchev–Trinajstić information content (AvgIpc) is 3.02. The van der Waals surface area contributed by atoms with Crippen molar-refractivity contribution in [3.63, 3.8) is 0 Å². The average molecular weight is 335 g/mol. The highest BCUT2D eigenvalue weighted by atomic mass is 32.1. The second-order valence-electron chi connectivity index (χ2n) is 5.45. The second kappa shape index (κ2) is 7.96. The predicted molar refractivity (Wildman–Crippen MR) is 91.0 cm³/mol. The minimum absolute atomic E-state index is 0.0484.